The van der Waals surface area contributed by atoms with Crippen LogP contribution in [0.25, 0.3) is 0 Å². The van der Waals surface area contributed by atoms with E-state index < -0.39 is 0 Å². The number of hydrogen-bond acceptors (Lipinski definition) is 0. The van der Waals surface area contributed by atoms with Gasteiger partial charge in [-0.25, -0.2) is 0 Å². The van der Waals surface area contributed by atoms with Crippen molar-refractivity contribution >= 4 is 104 Å². The molecule has 0 aliphatic rings. The molecule has 0 aliphatic heterocycles. The summed E-state index contributed by atoms with van der Waals surface area (Å²) in [6, 6.07) is 0. The summed E-state index contributed by atoms with van der Waals surface area (Å²) >= 11 is 46.6. The molecule has 0 aromatic carbocycles. The van der Waals surface area contributed by atoms with Gasteiger partial charge in [0.2, 0.25) is 0 Å². The molecule has 0 saturated heterocycles. The third-order valence-electron chi connectivity index (χ3n) is 0.607. The number of allylic oxidation sites excluding steroid dienone is 2. The molecule has 0 unspecified atom stereocenters. The molecule has 0 rings (SSSR count). The molecule has 88 valence electrons. The highest BCUT2D eigenvalue weighted by Gasteiger charge is 2.07. The van der Waals surface area contributed by atoms with Crippen molar-refractivity contribution < 1.29 is 0 Å². The Kier molecular flexibility index (Phi) is 14.0. The molecule has 0 nitrogen and oxygen atoms in total. The van der Waals surface area contributed by atoms with Crippen LogP contribution in [0.1, 0.15) is 0 Å². The van der Waals surface area contributed by atoms with Gasteiger partial charge in [0, 0.05) is 5.54 Å². The van der Waals surface area contributed by atoms with Gasteiger partial charge >= 0.3 is 0 Å². The summed E-state index contributed by atoms with van der Waals surface area (Å²) in [4.78, 5) is 0. The second-order valence-electron chi connectivity index (χ2n) is 1.55. The van der Waals surface area contributed by atoms with Gasteiger partial charge in [0.1, 0.15) is 13.5 Å². The summed E-state index contributed by atoms with van der Waals surface area (Å²) in [6.45, 7) is 0. The summed E-state index contributed by atoms with van der Waals surface area (Å²) in [5.74, 6) is 0. The van der Waals surface area contributed by atoms with E-state index in [-0.39, 0.29) is 23.5 Å². The first-order valence-corrected chi connectivity index (χ1v) is 6.23. The first-order valence-electron chi connectivity index (χ1n) is 2.77. The lowest BCUT2D eigenvalue weighted by atomic mass is 10.6. The van der Waals surface area contributed by atoms with E-state index in [1.165, 1.54) is 0 Å². The van der Waals surface area contributed by atoms with Gasteiger partial charge < -0.3 is 0 Å². The molecule has 0 atom stereocenters. The predicted molar refractivity (Wildman–Crippen MR) is 74.8 cm³/mol. The molecular weight excluding hydrogens is 391 g/mol. The van der Waals surface area contributed by atoms with E-state index in [0.29, 0.717) is 0 Å². The van der Waals surface area contributed by atoms with Crippen molar-refractivity contribution in [3.63, 3.8) is 0 Å². The van der Waals surface area contributed by atoms with Gasteiger partial charge in [-0.05, 0) is 0 Å². The Balaban J connectivity index is 0. The fourth-order valence-corrected chi connectivity index (χ4v) is 0.926. The van der Waals surface area contributed by atoms with Gasteiger partial charge in [-0.1, -0.05) is 104 Å². The van der Waals surface area contributed by atoms with Crippen LogP contribution in [0.4, 0.5) is 0 Å². The van der Waals surface area contributed by atoms with Gasteiger partial charge in [-0.15, -0.1) is 0 Å². The molecule has 0 amide bonds. The largest absolute Gasteiger partial charge is 0.127 e. The van der Waals surface area contributed by atoms with Crippen molar-refractivity contribution in [3.8, 4) is 0 Å². The van der Waals surface area contributed by atoms with Crippen LogP contribution in [0.15, 0.2) is 29.1 Å². The molecule has 0 fully saturated rings. The van der Waals surface area contributed by atoms with Crippen LogP contribution in [0.5, 0.6) is 0 Å². The Hall–Kier alpha value is 1.83. The van der Waals surface area contributed by atoms with Crippen LogP contribution in [-0.4, -0.2) is 0 Å². The van der Waals surface area contributed by atoms with Crippen molar-refractivity contribution in [2.24, 2.45) is 0 Å². The third-order valence-corrected chi connectivity index (χ3v) is 3.26. The van der Waals surface area contributed by atoms with Crippen LogP contribution in [0.3, 0.4) is 0 Å². The van der Waals surface area contributed by atoms with Crippen LogP contribution in [0.2, 0.25) is 0 Å². The molecule has 0 aromatic rings. The maximum atomic E-state index is 5.42. The van der Waals surface area contributed by atoms with E-state index in [2.05, 4.69) is 0 Å². The van der Waals surface area contributed by atoms with Gasteiger partial charge in [0.15, 0.2) is 0 Å². The second kappa shape index (κ2) is 11.0. The lowest BCUT2D eigenvalue weighted by molar-refractivity contribution is 1.84. The number of halogens is 9. The van der Waals surface area contributed by atoms with Crippen LogP contribution in [0, 0.1) is 0 Å². The molecule has 0 aromatic heterocycles. The van der Waals surface area contributed by atoms with E-state index in [4.69, 9.17) is 104 Å². The summed E-state index contributed by atoms with van der Waals surface area (Å²) in [5, 5.41) is -0.130. The number of rotatable bonds is 1. The average molecular weight is 392 g/mol. The SMILES string of the molecule is ClC(Cl)=C(Cl)C(Cl)=C(Cl)Cl.ClC=C(Cl)Cl. The normalized spacial score (nSPS) is 8.33. The second-order valence-corrected chi connectivity index (χ2v) is 5.43. The topological polar surface area (TPSA) is 0 Å². The molecule has 0 radical (unpaired) electrons. The van der Waals surface area contributed by atoms with Crippen molar-refractivity contribution in [3.05, 3.63) is 29.1 Å². The third kappa shape index (κ3) is 12.1. The van der Waals surface area contributed by atoms with Crippen molar-refractivity contribution in [2.75, 3.05) is 0 Å². The minimum absolute atomic E-state index is 0.0648. The lowest BCUT2D eigenvalue weighted by Crippen LogP contribution is -1.73. The summed E-state index contributed by atoms with van der Waals surface area (Å²) in [6.07, 6.45) is 0. The number of hydrogen-bond donors (Lipinski definition) is 0. The highest BCUT2D eigenvalue weighted by atomic mass is 35.5. The maximum Gasteiger partial charge on any atom is 0.127 e. The monoisotopic (exact) mass is 388 g/mol. The molecule has 0 heterocycles. The van der Waals surface area contributed by atoms with Crippen LogP contribution < -0.4 is 0 Å². The van der Waals surface area contributed by atoms with E-state index in [9.17, 15) is 0 Å². The summed E-state index contributed by atoms with van der Waals surface area (Å²) in [5.41, 5.74) is 1.09. The van der Waals surface area contributed by atoms with E-state index in [1.807, 2.05) is 0 Å². The first kappa shape index (κ1) is 19.2. The van der Waals surface area contributed by atoms with Gasteiger partial charge in [-0.3, -0.25) is 0 Å². The van der Waals surface area contributed by atoms with Gasteiger partial charge in [-0.2, -0.15) is 0 Å². The fraction of sp³-hybridized carbons (Fsp3) is 0. The van der Waals surface area contributed by atoms with Crippen molar-refractivity contribution in [1.82, 2.24) is 0 Å². The van der Waals surface area contributed by atoms with Gasteiger partial charge in [0.25, 0.3) is 0 Å². The summed E-state index contributed by atoms with van der Waals surface area (Å²) in [7, 11) is 0. The molecular formula is C6HCl9. The molecule has 9 heteroatoms. The predicted octanol–water partition coefficient (Wildman–Crippen LogP) is 7.26. The van der Waals surface area contributed by atoms with E-state index in [0.717, 1.165) is 5.54 Å². The summed E-state index contributed by atoms with van der Waals surface area (Å²) < 4.78 is -0.261. The quantitative estimate of drug-likeness (QED) is 0.412. The zero-order valence-electron chi connectivity index (χ0n) is 6.48. The van der Waals surface area contributed by atoms with Crippen LogP contribution >= 0.6 is 104 Å². The van der Waals surface area contributed by atoms with Crippen molar-refractivity contribution in [2.45, 2.75) is 0 Å². The Labute approximate surface area is 132 Å². The molecule has 0 aliphatic carbocycles. The Morgan fingerprint density at radius 2 is 0.800 bits per heavy atom. The highest BCUT2D eigenvalue weighted by molar-refractivity contribution is 6.65. The van der Waals surface area contributed by atoms with E-state index >= 15 is 0 Å². The maximum absolute atomic E-state index is 5.42. The van der Waals surface area contributed by atoms with E-state index in [1.54, 1.807) is 0 Å². The molecule has 0 N–H and O–H groups in total. The minimum Gasteiger partial charge on any atom is -0.0904 e. The Bertz CT molecular complexity index is 253. The fourth-order valence-electron chi connectivity index (χ4n) is 0.166. The molecule has 0 bridgehead atoms. The van der Waals surface area contributed by atoms with Gasteiger partial charge in [0.05, 0.1) is 10.1 Å². The smallest absolute Gasteiger partial charge is 0.0904 e. The first-order chi connectivity index (χ1) is 6.73. The standard InChI is InChI=1S/C4Cl6.C2HCl3/c5-1(3(7)8)2(6)4(9)10;3-1-2(4)5/h;1H. The minimum atomic E-state index is -0.175. The molecule has 0 saturated carbocycles. The lowest BCUT2D eigenvalue weighted by Gasteiger charge is -1.94. The average Bonchev–Trinajstić information content (AvgIpc) is 2.16. The van der Waals surface area contributed by atoms with Crippen LogP contribution in [-0.2, 0) is 0 Å². The molecule has 0 spiro atoms. The highest BCUT2D eigenvalue weighted by Crippen LogP contribution is 2.32. The molecule has 15 heavy (non-hydrogen) atoms. The Morgan fingerprint density at radius 1 is 0.600 bits per heavy atom. The Morgan fingerprint density at radius 3 is 0.867 bits per heavy atom. The zero-order valence-corrected chi connectivity index (χ0v) is 13.3. The zero-order chi connectivity index (χ0) is 12.6. The van der Waals surface area contributed by atoms with Crippen molar-refractivity contribution in [1.29, 1.82) is 0 Å².